The van der Waals surface area contributed by atoms with Crippen molar-refractivity contribution < 1.29 is 0 Å². The average molecular weight is 282 g/mol. The molecule has 1 saturated heterocycles. The van der Waals surface area contributed by atoms with Crippen LogP contribution in [0.3, 0.4) is 0 Å². The molecule has 4 heteroatoms. The lowest BCUT2D eigenvalue weighted by atomic mass is 9.80. The molecule has 0 aliphatic carbocycles. The number of aromatic nitrogens is 1. The number of rotatable bonds is 3. The van der Waals surface area contributed by atoms with Gasteiger partial charge in [-0.1, -0.05) is 32.4 Å². The Balaban J connectivity index is 2.13. The van der Waals surface area contributed by atoms with Crippen LogP contribution in [0.1, 0.15) is 32.9 Å². The van der Waals surface area contributed by atoms with Crippen molar-refractivity contribution in [2.45, 2.75) is 33.7 Å². The van der Waals surface area contributed by atoms with Crippen LogP contribution in [-0.4, -0.2) is 25.1 Å². The van der Waals surface area contributed by atoms with E-state index in [1.54, 1.807) is 0 Å². The second-order valence-electron chi connectivity index (χ2n) is 6.43. The first-order valence-corrected chi connectivity index (χ1v) is 7.34. The average Bonchev–Trinajstić information content (AvgIpc) is 2.81. The summed E-state index contributed by atoms with van der Waals surface area (Å²) in [5, 5.41) is 3.85. The maximum atomic E-state index is 6.16. The van der Waals surface area contributed by atoms with Gasteiger partial charge in [0.1, 0.15) is 5.82 Å². The minimum Gasteiger partial charge on any atom is -0.356 e. The summed E-state index contributed by atoms with van der Waals surface area (Å²) in [5.74, 6) is 1.79. The quantitative estimate of drug-likeness (QED) is 0.921. The SMILES string of the molecule is CNCc1nc(N2CCC(C(C)(C)C)C2)ccc1Cl. The van der Waals surface area contributed by atoms with Gasteiger partial charge in [0.05, 0.1) is 10.7 Å². The molecule has 19 heavy (non-hydrogen) atoms. The van der Waals surface area contributed by atoms with E-state index in [9.17, 15) is 0 Å². The van der Waals surface area contributed by atoms with Gasteiger partial charge in [-0.3, -0.25) is 0 Å². The van der Waals surface area contributed by atoms with Crippen LogP contribution in [0.15, 0.2) is 12.1 Å². The zero-order valence-corrected chi connectivity index (χ0v) is 13.1. The Morgan fingerprint density at radius 2 is 2.16 bits per heavy atom. The van der Waals surface area contributed by atoms with Crippen LogP contribution >= 0.6 is 11.6 Å². The van der Waals surface area contributed by atoms with Crippen LogP contribution in [0.25, 0.3) is 0 Å². The molecule has 1 atom stereocenters. The van der Waals surface area contributed by atoms with E-state index < -0.39 is 0 Å². The standard InChI is InChI=1S/C15H24ClN3/c1-15(2,3)11-7-8-19(10-11)14-6-5-12(16)13(18-14)9-17-4/h5-6,11,17H,7-10H2,1-4H3. The van der Waals surface area contributed by atoms with E-state index in [0.29, 0.717) is 12.0 Å². The molecule has 0 bridgehead atoms. The fourth-order valence-corrected chi connectivity index (χ4v) is 2.79. The highest BCUT2D eigenvalue weighted by Crippen LogP contribution is 2.35. The van der Waals surface area contributed by atoms with Crippen molar-refractivity contribution in [3.05, 3.63) is 22.8 Å². The van der Waals surface area contributed by atoms with Crippen molar-refractivity contribution in [3.8, 4) is 0 Å². The van der Waals surface area contributed by atoms with E-state index in [0.717, 1.165) is 35.5 Å². The van der Waals surface area contributed by atoms with Crippen LogP contribution in [0, 0.1) is 11.3 Å². The summed E-state index contributed by atoms with van der Waals surface area (Å²) in [7, 11) is 1.91. The molecule has 1 aromatic heterocycles. The molecule has 3 nitrogen and oxygen atoms in total. The smallest absolute Gasteiger partial charge is 0.128 e. The molecule has 1 N–H and O–H groups in total. The largest absolute Gasteiger partial charge is 0.356 e. The number of hydrogen-bond donors (Lipinski definition) is 1. The molecule has 1 fully saturated rings. The van der Waals surface area contributed by atoms with Gasteiger partial charge in [-0.05, 0) is 36.9 Å². The first kappa shape index (κ1) is 14.6. The monoisotopic (exact) mass is 281 g/mol. The maximum absolute atomic E-state index is 6.16. The molecule has 1 aliphatic heterocycles. The van der Waals surface area contributed by atoms with Crippen molar-refractivity contribution >= 4 is 17.4 Å². The molecular weight excluding hydrogens is 258 g/mol. The molecule has 2 heterocycles. The summed E-state index contributed by atoms with van der Waals surface area (Å²) in [4.78, 5) is 7.07. The number of halogens is 1. The van der Waals surface area contributed by atoms with E-state index in [-0.39, 0.29) is 0 Å². The minimum atomic E-state index is 0.370. The van der Waals surface area contributed by atoms with E-state index in [2.05, 4.69) is 31.0 Å². The van der Waals surface area contributed by atoms with E-state index in [4.69, 9.17) is 16.6 Å². The lowest BCUT2D eigenvalue weighted by molar-refractivity contribution is 0.263. The van der Waals surface area contributed by atoms with Gasteiger partial charge < -0.3 is 10.2 Å². The zero-order chi connectivity index (χ0) is 14.0. The third-order valence-electron chi connectivity index (χ3n) is 3.99. The summed E-state index contributed by atoms with van der Waals surface area (Å²) in [5.41, 5.74) is 1.30. The molecule has 0 radical (unpaired) electrons. The van der Waals surface area contributed by atoms with Crippen LogP contribution in [0.2, 0.25) is 5.02 Å². The Labute approximate surface area is 121 Å². The predicted molar refractivity (Wildman–Crippen MR) is 81.8 cm³/mol. The van der Waals surface area contributed by atoms with Crippen LogP contribution in [0.4, 0.5) is 5.82 Å². The number of nitrogens with one attached hydrogen (secondary N) is 1. The van der Waals surface area contributed by atoms with Crippen molar-refractivity contribution in [2.75, 3.05) is 25.0 Å². The molecule has 106 valence electrons. The van der Waals surface area contributed by atoms with Crippen molar-refractivity contribution in [1.82, 2.24) is 10.3 Å². The minimum absolute atomic E-state index is 0.370. The van der Waals surface area contributed by atoms with Crippen molar-refractivity contribution in [3.63, 3.8) is 0 Å². The predicted octanol–water partition coefficient (Wildman–Crippen LogP) is 3.33. The summed E-state index contributed by atoms with van der Waals surface area (Å²) in [6.45, 7) is 9.87. The summed E-state index contributed by atoms with van der Waals surface area (Å²) in [6.07, 6.45) is 1.25. The lowest BCUT2D eigenvalue weighted by Gasteiger charge is -2.27. The van der Waals surface area contributed by atoms with Crippen molar-refractivity contribution in [2.24, 2.45) is 11.3 Å². The highest BCUT2D eigenvalue weighted by molar-refractivity contribution is 6.31. The second kappa shape index (κ2) is 5.68. The zero-order valence-electron chi connectivity index (χ0n) is 12.3. The van der Waals surface area contributed by atoms with Gasteiger partial charge in [0.25, 0.3) is 0 Å². The summed E-state index contributed by atoms with van der Waals surface area (Å²) in [6, 6.07) is 3.99. The Kier molecular flexibility index (Phi) is 4.36. The van der Waals surface area contributed by atoms with Crippen LogP contribution < -0.4 is 10.2 Å². The summed E-state index contributed by atoms with van der Waals surface area (Å²) >= 11 is 6.16. The number of hydrogen-bond acceptors (Lipinski definition) is 3. The number of pyridine rings is 1. The van der Waals surface area contributed by atoms with E-state index in [1.165, 1.54) is 6.42 Å². The molecule has 1 aliphatic rings. The van der Waals surface area contributed by atoms with Gasteiger partial charge in [0.15, 0.2) is 0 Å². The van der Waals surface area contributed by atoms with Crippen molar-refractivity contribution in [1.29, 1.82) is 0 Å². The Morgan fingerprint density at radius 1 is 1.42 bits per heavy atom. The molecular formula is C15H24ClN3. The Morgan fingerprint density at radius 3 is 2.74 bits per heavy atom. The lowest BCUT2D eigenvalue weighted by Crippen LogP contribution is -2.26. The first-order valence-electron chi connectivity index (χ1n) is 6.97. The highest BCUT2D eigenvalue weighted by atomic mass is 35.5. The fourth-order valence-electron chi connectivity index (χ4n) is 2.62. The number of nitrogens with zero attached hydrogens (tertiary/aromatic N) is 2. The highest BCUT2D eigenvalue weighted by Gasteiger charge is 2.32. The fraction of sp³-hybridized carbons (Fsp3) is 0.667. The normalized spacial score (nSPS) is 20.1. The third-order valence-corrected chi connectivity index (χ3v) is 4.33. The second-order valence-corrected chi connectivity index (χ2v) is 6.83. The molecule has 0 aromatic carbocycles. The molecule has 1 aromatic rings. The van der Waals surface area contributed by atoms with Gasteiger partial charge in [-0.2, -0.15) is 0 Å². The third kappa shape index (κ3) is 3.40. The Hall–Kier alpha value is -0.800. The summed E-state index contributed by atoms with van der Waals surface area (Å²) < 4.78 is 0. The van der Waals surface area contributed by atoms with Gasteiger partial charge >= 0.3 is 0 Å². The van der Waals surface area contributed by atoms with Crippen LogP contribution in [-0.2, 0) is 6.54 Å². The van der Waals surface area contributed by atoms with Crippen LogP contribution in [0.5, 0.6) is 0 Å². The molecule has 0 amide bonds. The molecule has 1 unspecified atom stereocenters. The van der Waals surface area contributed by atoms with E-state index in [1.807, 2.05) is 19.2 Å². The molecule has 0 spiro atoms. The number of anilines is 1. The topological polar surface area (TPSA) is 28.2 Å². The molecule has 0 saturated carbocycles. The molecule has 2 rings (SSSR count). The Bertz CT molecular complexity index is 440. The first-order chi connectivity index (χ1) is 8.91. The van der Waals surface area contributed by atoms with Gasteiger partial charge in [0, 0.05) is 19.6 Å². The van der Waals surface area contributed by atoms with Gasteiger partial charge in [0.2, 0.25) is 0 Å². The maximum Gasteiger partial charge on any atom is 0.128 e. The van der Waals surface area contributed by atoms with E-state index >= 15 is 0 Å². The van der Waals surface area contributed by atoms with Gasteiger partial charge in [-0.15, -0.1) is 0 Å². The van der Waals surface area contributed by atoms with Gasteiger partial charge in [-0.25, -0.2) is 4.98 Å².